The van der Waals surface area contributed by atoms with Gasteiger partial charge in [-0.2, -0.15) is 0 Å². The maximum absolute atomic E-state index is 11.5. The number of rotatable bonds is 4. The Labute approximate surface area is 89.7 Å². The quantitative estimate of drug-likeness (QED) is 0.564. The summed E-state index contributed by atoms with van der Waals surface area (Å²) in [6, 6.07) is 3.66. The number of hydrogen-bond donors (Lipinski definition) is 0. The molecule has 0 amide bonds. The Morgan fingerprint density at radius 1 is 1.47 bits per heavy atom. The molecule has 0 atom stereocenters. The largest absolute Gasteiger partial charge is 0.465 e. The van der Waals surface area contributed by atoms with Crippen molar-refractivity contribution in [2.24, 2.45) is 0 Å². The first-order chi connectivity index (χ1) is 7.20. The lowest BCUT2D eigenvalue weighted by atomic mass is 10.0. The maximum Gasteiger partial charge on any atom is 0.334 e. The van der Waals surface area contributed by atoms with Gasteiger partial charge in [0.05, 0.1) is 12.9 Å². The highest BCUT2D eigenvalue weighted by atomic mass is 16.5. The van der Waals surface area contributed by atoms with Gasteiger partial charge < -0.3 is 9.15 Å². The van der Waals surface area contributed by atoms with Crippen molar-refractivity contribution in [1.82, 2.24) is 0 Å². The fourth-order valence-electron chi connectivity index (χ4n) is 1.44. The molecule has 82 valence electrons. The Bertz CT molecular complexity index is 347. The summed E-state index contributed by atoms with van der Waals surface area (Å²) in [6.45, 7) is 5.94. The van der Waals surface area contributed by atoms with Crippen molar-refractivity contribution in [2.75, 3.05) is 6.61 Å². The third-order valence-electron chi connectivity index (χ3n) is 2.21. The van der Waals surface area contributed by atoms with Crippen molar-refractivity contribution >= 4 is 11.5 Å². The second-order valence-electron chi connectivity index (χ2n) is 3.15. The van der Waals surface area contributed by atoms with E-state index in [-0.39, 0.29) is 5.97 Å². The summed E-state index contributed by atoms with van der Waals surface area (Å²) in [5.41, 5.74) is 1.52. The molecule has 0 aliphatic heterocycles. The van der Waals surface area contributed by atoms with Crippen LogP contribution < -0.4 is 0 Å². The number of carbonyl (C=O) groups is 1. The zero-order valence-corrected chi connectivity index (χ0v) is 9.37. The summed E-state index contributed by atoms with van der Waals surface area (Å²) < 4.78 is 10.2. The molecule has 0 aliphatic rings. The van der Waals surface area contributed by atoms with Gasteiger partial charge in [-0.15, -0.1) is 0 Å². The first-order valence-corrected chi connectivity index (χ1v) is 5.11. The van der Waals surface area contributed by atoms with Gasteiger partial charge in [0.15, 0.2) is 0 Å². The smallest absolute Gasteiger partial charge is 0.334 e. The molecule has 0 spiro atoms. The standard InChI is InChI=1S/C12H16O3/c1-4-10(11-7-6-8-15-11)9(3)12(13)14-5-2/h6-8H,4-5H2,1-3H3/b10-9-. The maximum atomic E-state index is 11.5. The Balaban J connectivity index is 2.98. The number of carbonyl (C=O) groups excluding carboxylic acids is 1. The minimum absolute atomic E-state index is 0.272. The molecule has 1 aromatic rings. The predicted molar refractivity (Wildman–Crippen MR) is 58.2 cm³/mol. The van der Waals surface area contributed by atoms with Crippen molar-refractivity contribution in [1.29, 1.82) is 0 Å². The van der Waals surface area contributed by atoms with Gasteiger partial charge in [0.1, 0.15) is 5.76 Å². The van der Waals surface area contributed by atoms with E-state index in [1.165, 1.54) is 0 Å². The average Bonchev–Trinajstić information content (AvgIpc) is 2.72. The van der Waals surface area contributed by atoms with Gasteiger partial charge in [-0.1, -0.05) is 6.92 Å². The molecule has 0 saturated carbocycles. The van der Waals surface area contributed by atoms with E-state index >= 15 is 0 Å². The first-order valence-electron chi connectivity index (χ1n) is 5.11. The summed E-state index contributed by atoms with van der Waals surface area (Å²) in [6.07, 6.45) is 2.35. The van der Waals surface area contributed by atoms with Gasteiger partial charge in [-0.25, -0.2) is 4.79 Å². The van der Waals surface area contributed by atoms with Crippen LogP contribution in [0.5, 0.6) is 0 Å². The van der Waals surface area contributed by atoms with Gasteiger partial charge in [-0.05, 0) is 32.4 Å². The third kappa shape index (κ3) is 2.72. The summed E-state index contributed by atoms with van der Waals surface area (Å²) in [7, 11) is 0. The van der Waals surface area contributed by atoms with E-state index in [2.05, 4.69) is 0 Å². The van der Waals surface area contributed by atoms with Crippen LogP contribution in [-0.2, 0) is 9.53 Å². The van der Waals surface area contributed by atoms with Gasteiger partial charge in [-0.3, -0.25) is 0 Å². The molecule has 1 heterocycles. The van der Waals surface area contributed by atoms with Crippen LogP contribution in [0.15, 0.2) is 28.4 Å². The molecule has 0 radical (unpaired) electrons. The molecule has 0 unspecified atom stereocenters. The Morgan fingerprint density at radius 3 is 2.67 bits per heavy atom. The van der Waals surface area contributed by atoms with Crippen LogP contribution in [0.1, 0.15) is 33.0 Å². The topological polar surface area (TPSA) is 39.4 Å². The number of allylic oxidation sites excluding steroid dienone is 1. The van der Waals surface area contributed by atoms with Crippen molar-refractivity contribution in [3.05, 3.63) is 29.7 Å². The van der Waals surface area contributed by atoms with Gasteiger partial charge in [0.25, 0.3) is 0 Å². The van der Waals surface area contributed by atoms with E-state index in [4.69, 9.17) is 9.15 Å². The number of hydrogen-bond acceptors (Lipinski definition) is 3. The van der Waals surface area contributed by atoms with Crippen molar-refractivity contribution in [2.45, 2.75) is 27.2 Å². The fourth-order valence-corrected chi connectivity index (χ4v) is 1.44. The second-order valence-corrected chi connectivity index (χ2v) is 3.15. The van der Waals surface area contributed by atoms with Crippen LogP contribution in [0.2, 0.25) is 0 Å². The summed E-state index contributed by atoms with van der Waals surface area (Å²) in [5.74, 6) is 0.466. The lowest BCUT2D eigenvalue weighted by Crippen LogP contribution is -2.07. The molecule has 1 rings (SSSR count). The predicted octanol–water partition coefficient (Wildman–Crippen LogP) is 3.03. The summed E-state index contributed by atoms with van der Waals surface area (Å²) in [4.78, 5) is 11.5. The number of furan rings is 1. The highest BCUT2D eigenvalue weighted by Crippen LogP contribution is 2.23. The van der Waals surface area contributed by atoms with E-state index in [0.717, 1.165) is 17.8 Å². The zero-order valence-electron chi connectivity index (χ0n) is 9.37. The number of ether oxygens (including phenoxy) is 1. The molecular formula is C12H16O3. The molecule has 15 heavy (non-hydrogen) atoms. The van der Waals surface area contributed by atoms with Crippen LogP contribution in [0.25, 0.3) is 5.57 Å². The number of esters is 1. The van der Waals surface area contributed by atoms with Crippen LogP contribution in [0.4, 0.5) is 0 Å². The van der Waals surface area contributed by atoms with Crippen molar-refractivity contribution in [3.8, 4) is 0 Å². The van der Waals surface area contributed by atoms with E-state index in [9.17, 15) is 4.79 Å². The fraction of sp³-hybridized carbons (Fsp3) is 0.417. The van der Waals surface area contributed by atoms with E-state index in [1.54, 1.807) is 20.1 Å². The lowest BCUT2D eigenvalue weighted by Gasteiger charge is -2.07. The van der Waals surface area contributed by atoms with Crippen molar-refractivity contribution in [3.63, 3.8) is 0 Å². The van der Waals surface area contributed by atoms with Crippen LogP contribution in [-0.4, -0.2) is 12.6 Å². The molecule has 0 N–H and O–H groups in total. The Hall–Kier alpha value is -1.51. The lowest BCUT2D eigenvalue weighted by molar-refractivity contribution is -0.138. The SMILES string of the molecule is CCOC(=O)/C(C)=C(/CC)c1ccco1. The van der Waals surface area contributed by atoms with E-state index in [0.29, 0.717) is 12.2 Å². The summed E-state index contributed by atoms with van der Waals surface area (Å²) in [5, 5.41) is 0. The third-order valence-corrected chi connectivity index (χ3v) is 2.21. The first kappa shape index (κ1) is 11.6. The van der Waals surface area contributed by atoms with Gasteiger partial charge >= 0.3 is 5.97 Å². The zero-order chi connectivity index (χ0) is 11.3. The second kappa shape index (κ2) is 5.39. The van der Waals surface area contributed by atoms with E-state index < -0.39 is 0 Å². The Kier molecular flexibility index (Phi) is 4.16. The molecule has 3 nitrogen and oxygen atoms in total. The van der Waals surface area contributed by atoms with Crippen molar-refractivity contribution < 1.29 is 13.9 Å². The van der Waals surface area contributed by atoms with Crippen LogP contribution in [0, 0.1) is 0 Å². The normalized spacial score (nSPS) is 12.2. The van der Waals surface area contributed by atoms with Gasteiger partial charge in [0.2, 0.25) is 0 Å². The molecule has 0 aliphatic carbocycles. The molecule has 1 aromatic heterocycles. The minimum atomic E-state index is -0.272. The molecular weight excluding hydrogens is 192 g/mol. The highest BCUT2D eigenvalue weighted by molar-refractivity contribution is 5.96. The van der Waals surface area contributed by atoms with Crippen LogP contribution in [0.3, 0.4) is 0 Å². The minimum Gasteiger partial charge on any atom is -0.465 e. The summed E-state index contributed by atoms with van der Waals surface area (Å²) >= 11 is 0. The average molecular weight is 208 g/mol. The monoisotopic (exact) mass is 208 g/mol. The molecule has 3 heteroatoms. The Morgan fingerprint density at radius 2 is 2.20 bits per heavy atom. The molecule has 0 saturated heterocycles. The van der Waals surface area contributed by atoms with Gasteiger partial charge in [0, 0.05) is 11.1 Å². The molecule has 0 aromatic carbocycles. The highest BCUT2D eigenvalue weighted by Gasteiger charge is 2.13. The molecule has 0 fully saturated rings. The van der Waals surface area contributed by atoms with E-state index in [1.807, 2.05) is 19.1 Å². The molecule has 0 bridgehead atoms. The van der Waals surface area contributed by atoms with Crippen LogP contribution >= 0.6 is 0 Å².